The fourth-order valence-corrected chi connectivity index (χ4v) is 2.46. The number of benzene rings is 1. The molecule has 0 saturated heterocycles. The molecular weight excluding hydrogens is 304 g/mol. The molecule has 21 heavy (non-hydrogen) atoms. The quantitative estimate of drug-likeness (QED) is 0.822. The zero-order chi connectivity index (χ0) is 15.8. The molecule has 7 nitrogen and oxygen atoms in total. The molecule has 0 atom stereocenters. The Balaban J connectivity index is 2.43. The van der Waals surface area contributed by atoms with Gasteiger partial charge in [0.1, 0.15) is 16.4 Å². The van der Waals surface area contributed by atoms with Gasteiger partial charge >= 0.3 is 0 Å². The van der Waals surface area contributed by atoms with Gasteiger partial charge < -0.3 is 5.73 Å². The standard InChI is InChI=1S/C11H11F2N5O2S/c1-5-6(2)16-17-11(15-5)18-21(19,20)8-4-3-7(12)10(14)9(8)13/h3-4H,14H2,1-2H3,(H,15,17,18). The van der Waals surface area contributed by atoms with Crippen molar-refractivity contribution in [1.29, 1.82) is 0 Å². The van der Waals surface area contributed by atoms with Gasteiger partial charge in [0.2, 0.25) is 0 Å². The van der Waals surface area contributed by atoms with Crippen LogP contribution in [0, 0.1) is 25.5 Å². The molecule has 112 valence electrons. The summed E-state index contributed by atoms with van der Waals surface area (Å²) in [6, 6.07) is 1.52. The van der Waals surface area contributed by atoms with E-state index in [0.717, 1.165) is 12.1 Å². The molecule has 0 bridgehead atoms. The third-order valence-electron chi connectivity index (χ3n) is 2.70. The molecule has 0 aliphatic heterocycles. The highest BCUT2D eigenvalue weighted by molar-refractivity contribution is 7.92. The van der Waals surface area contributed by atoms with E-state index in [2.05, 4.69) is 15.2 Å². The van der Waals surface area contributed by atoms with Crippen molar-refractivity contribution in [3.8, 4) is 0 Å². The fourth-order valence-electron chi connectivity index (χ4n) is 1.43. The van der Waals surface area contributed by atoms with Gasteiger partial charge in [-0.05, 0) is 26.0 Å². The van der Waals surface area contributed by atoms with E-state index >= 15 is 0 Å². The van der Waals surface area contributed by atoms with Crippen molar-refractivity contribution in [2.45, 2.75) is 18.7 Å². The highest BCUT2D eigenvalue weighted by atomic mass is 32.2. The molecule has 0 saturated carbocycles. The average molecular weight is 315 g/mol. The number of nitrogens with two attached hydrogens (primary N) is 1. The summed E-state index contributed by atoms with van der Waals surface area (Å²) >= 11 is 0. The van der Waals surface area contributed by atoms with E-state index < -0.39 is 32.2 Å². The fraction of sp³-hybridized carbons (Fsp3) is 0.182. The third-order valence-corrected chi connectivity index (χ3v) is 4.04. The second-order valence-corrected chi connectivity index (χ2v) is 5.84. The van der Waals surface area contributed by atoms with Crippen LogP contribution in [0.4, 0.5) is 20.4 Å². The van der Waals surface area contributed by atoms with E-state index in [1.807, 2.05) is 4.72 Å². The molecule has 1 aromatic heterocycles. The van der Waals surface area contributed by atoms with Gasteiger partial charge in [0.15, 0.2) is 5.82 Å². The molecule has 2 aromatic rings. The Morgan fingerprint density at radius 3 is 2.43 bits per heavy atom. The number of aryl methyl sites for hydroxylation is 2. The summed E-state index contributed by atoms with van der Waals surface area (Å²) in [5, 5.41) is 7.23. The van der Waals surface area contributed by atoms with Crippen molar-refractivity contribution in [2.75, 3.05) is 10.5 Å². The van der Waals surface area contributed by atoms with Gasteiger partial charge in [-0.1, -0.05) is 0 Å². The van der Waals surface area contributed by atoms with E-state index in [4.69, 9.17) is 5.73 Å². The highest BCUT2D eigenvalue weighted by Gasteiger charge is 2.23. The number of rotatable bonds is 3. The predicted molar refractivity (Wildman–Crippen MR) is 70.9 cm³/mol. The third kappa shape index (κ3) is 2.89. The van der Waals surface area contributed by atoms with Crippen LogP contribution in [0.25, 0.3) is 0 Å². The molecule has 3 N–H and O–H groups in total. The number of hydrogen-bond acceptors (Lipinski definition) is 6. The lowest BCUT2D eigenvalue weighted by atomic mass is 10.3. The maximum Gasteiger partial charge on any atom is 0.267 e. The van der Waals surface area contributed by atoms with E-state index in [1.165, 1.54) is 0 Å². The summed E-state index contributed by atoms with van der Waals surface area (Å²) in [6.07, 6.45) is 0. The first kappa shape index (κ1) is 15.0. The first-order valence-corrected chi connectivity index (χ1v) is 7.15. The summed E-state index contributed by atoms with van der Waals surface area (Å²) in [5.41, 5.74) is 5.24. The molecular formula is C11H11F2N5O2S. The average Bonchev–Trinajstić information content (AvgIpc) is 2.39. The number of nitrogens with zero attached hydrogens (tertiary/aromatic N) is 3. The Bertz CT molecular complexity index is 811. The molecule has 0 aliphatic rings. The summed E-state index contributed by atoms with van der Waals surface area (Å²) in [6.45, 7) is 3.26. The zero-order valence-electron chi connectivity index (χ0n) is 11.1. The lowest BCUT2D eigenvalue weighted by Crippen LogP contribution is -2.18. The topological polar surface area (TPSA) is 111 Å². The van der Waals surface area contributed by atoms with Crippen molar-refractivity contribution >= 4 is 21.7 Å². The summed E-state index contributed by atoms with van der Waals surface area (Å²) < 4.78 is 52.9. The van der Waals surface area contributed by atoms with Crippen molar-refractivity contribution in [3.05, 3.63) is 35.2 Å². The first-order chi connectivity index (χ1) is 9.72. The van der Waals surface area contributed by atoms with Crippen molar-refractivity contribution in [2.24, 2.45) is 0 Å². The predicted octanol–water partition coefficient (Wildman–Crippen LogP) is 1.15. The first-order valence-electron chi connectivity index (χ1n) is 5.66. The molecule has 1 aromatic carbocycles. The molecule has 2 rings (SSSR count). The van der Waals surface area contributed by atoms with Crippen molar-refractivity contribution < 1.29 is 17.2 Å². The van der Waals surface area contributed by atoms with Gasteiger partial charge in [0.05, 0.1) is 11.4 Å². The molecule has 0 radical (unpaired) electrons. The largest absolute Gasteiger partial charge is 0.394 e. The molecule has 0 spiro atoms. The van der Waals surface area contributed by atoms with Crippen LogP contribution in [-0.2, 0) is 10.0 Å². The number of nitrogen functional groups attached to an aromatic ring is 1. The van der Waals surface area contributed by atoms with Gasteiger partial charge in [0, 0.05) is 0 Å². The van der Waals surface area contributed by atoms with Crippen molar-refractivity contribution in [1.82, 2.24) is 15.2 Å². The van der Waals surface area contributed by atoms with Crippen molar-refractivity contribution in [3.63, 3.8) is 0 Å². The Kier molecular flexibility index (Phi) is 3.73. The highest BCUT2D eigenvalue weighted by Crippen LogP contribution is 2.23. The van der Waals surface area contributed by atoms with Gasteiger partial charge in [-0.15, -0.1) is 5.10 Å². The number of aromatic nitrogens is 3. The Hall–Kier alpha value is -2.36. The minimum atomic E-state index is -4.35. The zero-order valence-corrected chi connectivity index (χ0v) is 11.9. The summed E-state index contributed by atoms with van der Waals surface area (Å²) in [5.74, 6) is -2.74. The van der Waals surface area contributed by atoms with Crippen LogP contribution in [0.15, 0.2) is 17.0 Å². The Labute approximate surface area is 119 Å². The minimum Gasteiger partial charge on any atom is -0.394 e. The SMILES string of the molecule is Cc1nnc(NS(=O)(=O)c2ccc(F)c(N)c2F)nc1C. The lowest BCUT2D eigenvalue weighted by molar-refractivity contribution is 0.557. The van der Waals surface area contributed by atoms with Gasteiger partial charge in [0.25, 0.3) is 16.0 Å². The second kappa shape index (κ2) is 5.20. The minimum absolute atomic E-state index is 0.319. The number of halogens is 2. The molecule has 0 amide bonds. The van der Waals surface area contributed by atoms with Crippen LogP contribution in [0.1, 0.15) is 11.4 Å². The number of hydrogen-bond donors (Lipinski definition) is 2. The van der Waals surface area contributed by atoms with Crippen LogP contribution in [-0.4, -0.2) is 23.6 Å². The maximum atomic E-state index is 13.8. The molecule has 0 aliphatic carbocycles. The van der Waals surface area contributed by atoms with E-state index in [1.54, 1.807) is 13.8 Å². The second-order valence-electron chi connectivity index (χ2n) is 4.18. The van der Waals surface area contributed by atoms with E-state index in [0.29, 0.717) is 11.4 Å². The van der Waals surface area contributed by atoms with Crippen LogP contribution in [0.2, 0.25) is 0 Å². The van der Waals surface area contributed by atoms with E-state index in [9.17, 15) is 17.2 Å². The monoisotopic (exact) mass is 315 g/mol. The Morgan fingerprint density at radius 1 is 1.14 bits per heavy atom. The maximum absolute atomic E-state index is 13.8. The summed E-state index contributed by atoms with van der Waals surface area (Å²) in [4.78, 5) is 3.06. The smallest absolute Gasteiger partial charge is 0.267 e. The normalized spacial score (nSPS) is 11.4. The Morgan fingerprint density at radius 2 is 1.81 bits per heavy atom. The van der Waals surface area contributed by atoms with Crippen LogP contribution in [0.3, 0.4) is 0 Å². The van der Waals surface area contributed by atoms with Crippen LogP contribution < -0.4 is 10.5 Å². The van der Waals surface area contributed by atoms with Crippen LogP contribution in [0.5, 0.6) is 0 Å². The summed E-state index contributed by atoms with van der Waals surface area (Å²) in [7, 11) is -4.35. The number of sulfonamides is 1. The molecule has 1 heterocycles. The number of nitrogens with one attached hydrogen (secondary N) is 1. The van der Waals surface area contributed by atoms with Gasteiger partial charge in [-0.25, -0.2) is 26.9 Å². The molecule has 0 unspecified atom stereocenters. The lowest BCUT2D eigenvalue weighted by Gasteiger charge is -2.09. The van der Waals surface area contributed by atoms with Gasteiger partial charge in [-0.2, -0.15) is 5.10 Å². The van der Waals surface area contributed by atoms with Gasteiger partial charge in [-0.3, -0.25) is 0 Å². The molecule has 10 heteroatoms. The molecule has 0 fully saturated rings. The van der Waals surface area contributed by atoms with Crippen LogP contribution >= 0.6 is 0 Å². The number of anilines is 2. The van der Waals surface area contributed by atoms with E-state index in [-0.39, 0.29) is 5.95 Å².